The number of nitrogens with one attached hydrogen (secondary N) is 2. The molecular formula is C9H8ClN3O. The van der Waals surface area contributed by atoms with Gasteiger partial charge in [0.15, 0.2) is 0 Å². The Kier molecular flexibility index (Phi) is 1.37. The Morgan fingerprint density at radius 3 is 2.93 bits per heavy atom. The molecule has 3 rings (SSSR count). The van der Waals surface area contributed by atoms with Crippen LogP contribution in [-0.4, -0.2) is 16.4 Å². The van der Waals surface area contributed by atoms with Gasteiger partial charge in [-0.3, -0.25) is 9.78 Å². The molecular weight excluding hydrogens is 202 g/mol. The average molecular weight is 210 g/mol. The summed E-state index contributed by atoms with van der Waals surface area (Å²) in [4.78, 5) is 15.5. The molecule has 5 heteroatoms. The number of hydrogen-bond donors (Lipinski definition) is 2. The first kappa shape index (κ1) is 8.05. The number of anilines is 2. The van der Waals surface area contributed by atoms with Crippen molar-refractivity contribution in [3.63, 3.8) is 0 Å². The second-order valence-corrected chi connectivity index (χ2v) is 4.11. The van der Waals surface area contributed by atoms with Crippen LogP contribution in [0.5, 0.6) is 0 Å². The van der Waals surface area contributed by atoms with Crippen LogP contribution in [-0.2, 0) is 4.79 Å². The van der Waals surface area contributed by atoms with Gasteiger partial charge in [0.25, 0.3) is 0 Å². The van der Waals surface area contributed by atoms with E-state index in [4.69, 9.17) is 11.6 Å². The van der Waals surface area contributed by atoms with Crippen molar-refractivity contribution >= 4 is 28.9 Å². The normalized spacial score (nSPS) is 21.1. The van der Waals surface area contributed by atoms with Gasteiger partial charge in [0.1, 0.15) is 5.54 Å². The van der Waals surface area contributed by atoms with E-state index in [9.17, 15) is 4.79 Å². The SMILES string of the molecule is O=C1Nc2cncc(Cl)c2NC12CC2. The van der Waals surface area contributed by atoms with Gasteiger partial charge < -0.3 is 10.6 Å². The molecule has 2 N–H and O–H groups in total. The number of hydrogen-bond acceptors (Lipinski definition) is 3. The van der Waals surface area contributed by atoms with Crippen molar-refractivity contribution in [1.82, 2.24) is 4.98 Å². The van der Waals surface area contributed by atoms with Gasteiger partial charge >= 0.3 is 0 Å². The standard InChI is InChI=1S/C9H8ClN3O/c10-5-3-11-4-6-7(5)13-9(1-2-9)8(14)12-6/h3-4,13H,1-2H2,(H,12,14). The number of nitrogens with zero attached hydrogens (tertiary/aromatic N) is 1. The Labute approximate surface area is 85.7 Å². The summed E-state index contributed by atoms with van der Waals surface area (Å²) in [5.74, 6) is 0.0223. The highest BCUT2D eigenvalue weighted by atomic mass is 35.5. The van der Waals surface area contributed by atoms with Crippen LogP contribution in [0, 0.1) is 0 Å². The van der Waals surface area contributed by atoms with Gasteiger partial charge in [-0.1, -0.05) is 11.6 Å². The smallest absolute Gasteiger partial charge is 0.250 e. The van der Waals surface area contributed by atoms with Crippen LogP contribution in [0.4, 0.5) is 11.4 Å². The van der Waals surface area contributed by atoms with Crippen LogP contribution < -0.4 is 10.6 Å². The van der Waals surface area contributed by atoms with Gasteiger partial charge in [0.05, 0.1) is 22.6 Å². The molecule has 0 aromatic carbocycles. The quantitative estimate of drug-likeness (QED) is 0.683. The molecule has 4 nitrogen and oxygen atoms in total. The van der Waals surface area contributed by atoms with Crippen molar-refractivity contribution in [2.24, 2.45) is 0 Å². The molecule has 2 aliphatic rings. The molecule has 2 heterocycles. The Bertz CT molecular complexity index is 428. The Morgan fingerprint density at radius 2 is 2.21 bits per heavy atom. The molecule has 1 aromatic rings. The van der Waals surface area contributed by atoms with E-state index in [0.717, 1.165) is 18.5 Å². The number of halogens is 1. The summed E-state index contributed by atoms with van der Waals surface area (Å²) in [5, 5.41) is 6.54. The zero-order chi connectivity index (χ0) is 9.76. The van der Waals surface area contributed by atoms with E-state index < -0.39 is 5.54 Å². The van der Waals surface area contributed by atoms with Gasteiger partial charge in [-0.25, -0.2) is 0 Å². The highest BCUT2D eigenvalue weighted by Gasteiger charge is 2.52. The van der Waals surface area contributed by atoms with Crippen LogP contribution in [0.25, 0.3) is 0 Å². The summed E-state index contributed by atoms with van der Waals surface area (Å²) in [6.45, 7) is 0. The van der Waals surface area contributed by atoms with Crippen molar-refractivity contribution in [2.45, 2.75) is 18.4 Å². The van der Waals surface area contributed by atoms with Crippen LogP contribution in [0.2, 0.25) is 5.02 Å². The third-order valence-electron chi connectivity index (χ3n) is 2.70. The summed E-state index contributed by atoms with van der Waals surface area (Å²) in [5.41, 5.74) is 1.07. The first-order chi connectivity index (χ1) is 6.71. The van der Waals surface area contributed by atoms with Crippen molar-refractivity contribution in [3.8, 4) is 0 Å². The molecule has 1 spiro atoms. The molecule has 1 aliphatic carbocycles. The van der Waals surface area contributed by atoms with Crippen molar-refractivity contribution in [3.05, 3.63) is 17.4 Å². The fourth-order valence-corrected chi connectivity index (χ4v) is 1.88. The Morgan fingerprint density at radius 1 is 1.43 bits per heavy atom. The fraction of sp³-hybridized carbons (Fsp3) is 0.333. The van der Waals surface area contributed by atoms with Gasteiger partial charge in [-0.2, -0.15) is 0 Å². The molecule has 1 saturated carbocycles. The van der Waals surface area contributed by atoms with Gasteiger partial charge in [0.2, 0.25) is 5.91 Å². The highest BCUT2D eigenvalue weighted by molar-refractivity contribution is 6.34. The Hall–Kier alpha value is -1.29. The minimum Gasteiger partial charge on any atom is -0.368 e. The molecule has 0 saturated heterocycles. The summed E-state index contributed by atoms with van der Waals surface area (Å²) in [6, 6.07) is 0. The van der Waals surface area contributed by atoms with E-state index in [1.54, 1.807) is 12.4 Å². The average Bonchev–Trinajstić information content (AvgIpc) is 2.91. The minimum atomic E-state index is -0.391. The molecule has 1 amide bonds. The maximum absolute atomic E-state index is 11.6. The topological polar surface area (TPSA) is 54.0 Å². The molecule has 0 unspecified atom stereocenters. The van der Waals surface area contributed by atoms with Crippen LogP contribution >= 0.6 is 11.6 Å². The summed E-state index contributed by atoms with van der Waals surface area (Å²) in [6.07, 6.45) is 4.91. The molecule has 0 radical (unpaired) electrons. The largest absolute Gasteiger partial charge is 0.368 e. The molecule has 1 fully saturated rings. The maximum Gasteiger partial charge on any atom is 0.250 e. The maximum atomic E-state index is 11.6. The van der Waals surface area contributed by atoms with Crippen LogP contribution in [0.15, 0.2) is 12.4 Å². The number of aromatic nitrogens is 1. The first-order valence-electron chi connectivity index (χ1n) is 4.44. The predicted molar refractivity (Wildman–Crippen MR) is 53.5 cm³/mol. The number of rotatable bonds is 0. The highest BCUT2D eigenvalue weighted by Crippen LogP contribution is 2.46. The van der Waals surface area contributed by atoms with Crippen molar-refractivity contribution in [1.29, 1.82) is 0 Å². The number of pyridine rings is 1. The van der Waals surface area contributed by atoms with Gasteiger partial charge in [-0.05, 0) is 12.8 Å². The fourth-order valence-electron chi connectivity index (χ4n) is 1.67. The number of fused-ring (bicyclic) bond motifs is 1. The lowest BCUT2D eigenvalue weighted by molar-refractivity contribution is -0.117. The van der Waals surface area contributed by atoms with Crippen molar-refractivity contribution < 1.29 is 4.79 Å². The lowest BCUT2D eigenvalue weighted by Crippen LogP contribution is -2.41. The summed E-state index contributed by atoms with van der Waals surface area (Å²) >= 11 is 5.97. The molecule has 1 aliphatic heterocycles. The first-order valence-corrected chi connectivity index (χ1v) is 4.82. The zero-order valence-electron chi connectivity index (χ0n) is 7.30. The zero-order valence-corrected chi connectivity index (χ0v) is 8.06. The number of carbonyl (C=O) groups excluding carboxylic acids is 1. The Balaban J connectivity index is 2.11. The number of amides is 1. The lowest BCUT2D eigenvalue weighted by atomic mass is 10.1. The third-order valence-corrected chi connectivity index (χ3v) is 2.98. The van der Waals surface area contributed by atoms with E-state index in [0.29, 0.717) is 10.7 Å². The molecule has 14 heavy (non-hydrogen) atoms. The van der Waals surface area contributed by atoms with E-state index >= 15 is 0 Å². The third kappa shape index (κ3) is 0.944. The van der Waals surface area contributed by atoms with Crippen LogP contribution in [0.3, 0.4) is 0 Å². The molecule has 0 bridgehead atoms. The monoisotopic (exact) mass is 209 g/mol. The predicted octanol–water partition coefficient (Wildman–Crippen LogP) is 1.63. The van der Waals surface area contributed by atoms with E-state index in [2.05, 4.69) is 15.6 Å². The second kappa shape index (κ2) is 2.39. The number of carbonyl (C=O) groups is 1. The molecule has 0 atom stereocenters. The summed E-state index contributed by atoms with van der Waals surface area (Å²) in [7, 11) is 0. The summed E-state index contributed by atoms with van der Waals surface area (Å²) < 4.78 is 0. The van der Waals surface area contributed by atoms with E-state index in [1.807, 2.05) is 0 Å². The van der Waals surface area contributed by atoms with Gasteiger partial charge in [0, 0.05) is 6.20 Å². The minimum absolute atomic E-state index is 0.0223. The second-order valence-electron chi connectivity index (χ2n) is 3.71. The van der Waals surface area contributed by atoms with E-state index in [-0.39, 0.29) is 5.91 Å². The van der Waals surface area contributed by atoms with Crippen LogP contribution in [0.1, 0.15) is 12.8 Å². The van der Waals surface area contributed by atoms with Crippen molar-refractivity contribution in [2.75, 3.05) is 10.6 Å². The van der Waals surface area contributed by atoms with Gasteiger partial charge in [-0.15, -0.1) is 0 Å². The van der Waals surface area contributed by atoms with E-state index in [1.165, 1.54) is 0 Å². The molecule has 1 aromatic heterocycles. The lowest BCUT2D eigenvalue weighted by Gasteiger charge is -2.26. The molecule has 72 valence electrons.